The molecule has 3 N–H and O–H groups in total. The maximum Gasteiger partial charge on any atom is 0.303 e. The fourth-order valence-electron chi connectivity index (χ4n) is 1.31. The van der Waals surface area contributed by atoms with Crippen LogP contribution in [0.5, 0.6) is 0 Å². The molecule has 6 nitrogen and oxygen atoms in total. The summed E-state index contributed by atoms with van der Waals surface area (Å²) in [6, 6.07) is 0. The molecule has 0 radical (unpaired) electrons. The molecular formula is C12H22N2O4. The summed E-state index contributed by atoms with van der Waals surface area (Å²) in [5, 5.41) is 13.7. The molecule has 104 valence electrons. The number of nitrogens with one attached hydrogen (secondary N) is 2. The quantitative estimate of drug-likeness (QED) is 0.525. The minimum Gasteiger partial charge on any atom is -0.481 e. The number of carbonyl (C=O) groups excluding carboxylic acids is 2. The van der Waals surface area contributed by atoms with Crippen LogP contribution in [0.4, 0.5) is 0 Å². The van der Waals surface area contributed by atoms with Gasteiger partial charge in [-0.3, -0.25) is 14.4 Å². The molecule has 0 aromatic carbocycles. The van der Waals surface area contributed by atoms with E-state index in [4.69, 9.17) is 5.11 Å². The van der Waals surface area contributed by atoms with Crippen molar-refractivity contribution in [3.63, 3.8) is 0 Å². The minimum atomic E-state index is -0.870. The molecule has 0 saturated carbocycles. The number of hydrogen-bond acceptors (Lipinski definition) is 3. The summed E-state index contributed by atoms with van der Waals surface area (Å²) in [7, 11) is 0. The smallest absolute Gasteiger partial charge is 0.303 e. The van der Waals surface area contributed by atoms with E-state index in [1.54, 1.807) is 0 Å². The first-order valence-corrected chi connectivity index (χ1v) is 6.17. The van der Waals surface area contributed by atoms with Gasteiger partial charge in [0, 0.05) is 32.4 Å². The highest BCUT2D eigenvalue weighted by Gasteiger charge is 2.06. The topological polar surface area (TPSA) is 95.5 Å². The maximum absolute atomic E-state index is 11.3. The fourth-order valence-corrected chi connectivity index (χ4v) is 1.31. The third-order valence-electron chi connectivity index (χ3n) is 2.16. The maximum atomic E-state index is 11.3. The van der Waals surface area contributed by atoms with E-state index in [2.05, 4.69) is 10.6 Å². The van der Waals surface area contributed by atoms with Gasteiger partial charge in [0.05, 0.1) is 0 Å². The molecule has 0 aromatic heterocycles. The summed E-state index contributed by atoms with van der Waals surface area (Å²) >= 11 is 0. The molecule has 2 amide bonds. The zero-order valence-electron chi connectivity index (χ0n) is 11.0. The molecule has 0 aliphatic heterocycles. The first kappa shape index (κ1) is 16.4. The van der Waals surface area contributed by atoms with Crippen LogP contribution in [0, 0.1) is 5.92 Å². The van der Waals surface area contributed by atoms with Gasteiger partial charge >= 0.3 is 5.97 Å². The van der Waals surface area contributed by atoms with Crippen LogP contribution in [0.2, 0.25) is 0 Å². The zero-order chi connectivity index (χ0) is 14.0. The van der Waals surface area contributed by atoms with E-state index < -0.39 is 5.97 Å². The molecule has 0 unspecified atom stereocenters. The van der Waals surface area contributed by atoms with Crippen LogP contribution < -0.4 is 10.6 Å². The molecule has 0 heterocycles. The third kappa shape index (κ3) is 10.9. The molecule has 18 heavy (non-hydrogen) atoms. The first-order valence-electron chi connectivity index (χ1n) is 6.17. The van der Waals surface area contributed by atoms with Crippen LogP contribution in [0.25, 0.3) is 0 Å². The lowest BCUT2D eigenvalue weighted by Crippen LogP contribution is -2.31. The van der Waals surface area contributed by atoms with Gasteiger partial charge in [-0.25, -0.2) is 0 Å². The van der Waals surface area contributed by atoms with Crippen LogP contribution in [0.15, 0.2) is 0 Å². The second-order valence-corrected chi connectivity index (χ2v) is 4.55. The Labute approximate surface area is 107 Å². The SMILES string of the molecule is CC(C)CC(=O)NCCC(=O)NCCCC(=O)O. The Hall–Kier alpha value is -1.59. The van der Waals surface area contributed by atoms with Gasteiger partial charge in [0.2, 0.25) is 11.8 Å². The molecule has 0 saturated heterocycles. The lowest BCUT2D eigenvalue weighted by molar-refractivity contribution is -0.137. The minimum absolute atomic E-state index is 0.0470. The van der Waals surface area contributed by atoms with Crippen molar-refractivity contribution < 1.29 is 19.5 Å². The van der Waals surface area contributed by atoms with E-state index >= 15 is 0 Å². The highest BCUT2D eigenvalue weighted by molar-refractivity contribution is 5.79. The molecule has 0 aliphatic carbocycles. The van der Waals surface area contributed by atoms with Gasteiger partial charge in [0.1, 0.15) is 0 Å². The Bertz CT molecular complexity index is 290. The second-order valence-electron chi connectivity index (χ2n) is 4.55. The Morgan fingerprint density at radius 3 is 2.17 bits per heavy atom. The van der Waals surface area contributed by atoms with Gasteiger partial charge in [-0.05, 0) is 12.3 Å². The molecule has 0 aliphatic rings. The number of rotatable bonds is 9. The van der Waals surface area contributed by atoms with Gasteiger partial charge in [-0.15, -0.1) is 0 Å². The number of hydrogen-bond donors (Lipinski definition) is 3. The van der Waals surface area contributed by atoms with Crippen molar-refractivity contribution in [1.82, 2.24) is 10.6 Å². The molecule has 0 spiro atoms. The lowest BCUT2D eigenvalue weighted by atomic mass is 10.1. The number of aliphatic carboxylic acids is 1. The van der Waals surface area contributed by atoms with Crippen molar-refractivity contribution in [1.29, 1.82) is 0 Å². The first-order chi connectivity index (χ1) is 8.41. The van der Waals surface area contributed by atoms with Gasteiger partial charge in [0.25, 0.3) is 0 Å². The molecule has 0 atom stereocenters. The van der Waals surface area contributed by atoms with Gasteiger partial charge in [-0.1, -0.05) is 13.8 Å². The standard InChI is InChI=1S/C12H22N2O4/c1-9(2)8-11(16)14-7-5-10(15)13-6-3-4-12(17)18/h9H,3-8H2,1-2H3,(H,13,15)(H,14,16)(H,17,18). The van der Waals surface area contributed by atoms with Crippen LogP contribution in [-0.4, -0.2) is 36.0 Å². The van der Waals surface area contributed by atoms with E-state index in [0.29, 0.717) is 31.8 Å². The monoisotopic (exact) mass is 258 g/mol. The van der Waals surface area contributed by atoms with E-state index in [-0.39, 0.29) is 24.7 Å². The Morgan fingerprint density at radius 1 is 1.00 bits per heavy atom. The molecular weight excluding hydrogens is 236 g/mol. The predicted octanol–water partition coefficient (Wildman–Crippen LogP) is 0.520. The third-order valence-corrected chi connectivity index (χ3v) is 2.16. The van der Waals surface area contributed by atoms with E-state index in [1.165, 1.54) is 0 Å². The van der Waals surface area contributed by atoms with Crippen molar-refractivity contribution in [3.05, 3.63) is 0 Å². The van der Waals surface area contributed by atoms with Crippen molar-refractivity contribution in [2.24, 2.45) is 5.92 Å². The van der Waals surface area contributed by atoms with Gasteiger partial charge in [0.15, 0.2) is 0 Å². The van der Waals surface area contributed by atoms with E-state index in [0.717, 1.165) is 0 Å². The number of carbonyl (C=O) groups is 3. The summed E-state index contributed by atoms with van der Waals surface area (Å²) in [5.74, 6) is -0.797. The highest BCUT2D eigenvalue weighted by atomic mass is 16.4. The summed E-state index contributed by atoms with van der Waals surface area (Å²) in [6.07, 6.45) is 1.14. The van der Waals surface area contributed by atoms with E-state index in [9.17, 15) is 14.4 Å². The molecule has 6 heteroatoms. The van der Waals surface area contributed by atoms with Crippen LogP contribution in [0.3, 0.4) is 0 Å². The number of amides is 2. The van der Waals surface area contributed by atoms with Crippen molar-refractivity contribution in [2.45, 2.75) is 39.5 Å². The van der Waals surface area contributed by atoms with Crippen molar-refractivity contribution >= 4 is 17.8 Å². The zero-order valence-corrected chi connectivity index (χ0v) is 11.0. The summed E-state index contributed by atoms with van der Waals surface area (Å²) < 4.78 is 0. The molecule has 0 rings (SSSR count). The predicted molar refractivity (Wildman–Crippen MR) is 67.0 cm³/mol. The lowest BCUT2D eigenvalue weighted by Gasteiger charge is -2.07. The fraction of sp³-hybridized carbons (Fsp3) is 0.750. The number of carboxylic acid groups (broad SMARTS) is 1. The second kappa shape index (κ2) is 9.44. The van der Waals surface area contributed by atoms with Crippen LogP contribution in [-0.2, 0) is 14.4 Å². The van der Waals surface area contributed by atoms with Gasteiger partial charge in [-0.2, -0.15) is 0 Å². The van der Waals surface area contributed by atoms with Crippen molar-refractivity contribution in [3.8, 4) is 0 Å². The van der Waals surface area contributed by atoms with Gasteiger partial charge < -0.3 is 15.7 Å². The average Bonchev–Trinajstić information content (AvgIpc) is 2.23. The summed E-state index contributed by atoms with van der Waals surface area (Å²) in [5.41, 5.74) is 0. The highest BCUT2D eigenvalue weighted by Crippen LogP contribution is 1.97. The summed E-state index contributed by atoms with van der Waals surface area (Å²) in [6.45, 7) is 4.57. The van der Waals surface area contributed by atoms with E-state index in [1.807, 2.05) is 13.8 Å². The normalized spacial score (nSPS) is 10.2. The Morgan fingerprint density at radius 2 is 1.61 bits per heavy atom. The largest absolute Gasteiger partial charge is 0.481 e. The van der Waals surface area contributed by atoms with Crippen molar-refractivity contribution in [2.75, 3.05) is 13.1 Å². The molecule has 0 aromatic rings. The van der Waals surface area contributed by atoms with Crippen LogP contribution in [0.1, 0.15) is 39.5 Å². The number of carboxylic acids is 1. The molecule has 0 bridgehead atoms. The summed E-state index contributed by atoms with van der Waals surface area (Å²) in [4.78, 5) is 32.8. The Kier molecular flexibility index (Phi) is 8.61. The average molecular weight is 258 g/mol. The Balaban J connectivity index is 3.47. The van der Waals surface area contributed by atoms with Crippen LogP contribution >= 0.6 is 0 Å². The molecule has 0 fully saturated rings.